The van der Waals surface area contributed by atoms with Crippen molar-refractivity contribution in [3.8, 4) is 5.75 Å². The van der Waals surface area contributed by atoms with E-state index in [1.54, 1.807) is 7.11 Å². The molecule has 1 N–H and O–H groups in total. The maximum atomic E-state index is 5.99. The SMILES string of the molecule is CCC1Oc2c(C)ccc(C)c2C1NOC. The molecule has 0 saturated carbocycles. The number of hydroxylamine groups is 1. The van der Waals surface area contributed by atoms with Gasteiger partial charge >= 0.3 is 0 Å². The first-order valence-corrected chi connectivity index (χ1v) is 5.74. The monoisotopic (exact) mass is 221 g/mol. The van der Waals surface area contributed by atoms with Gasteiger partial charge in [0.05, 0.1) is 13.2 Å². The van der Waals surface area contributed by atoms with Crippen LogP contribution in [0.1, 0.15) is 36.1 Å². The Morgan fingerprint density at radius 1 is 1.31 bits per heavy atom. The van der Waals surface area contributed by atoms with Crippen LogP contribution < -0.4 is 10.2 Å². The van der Waals surface area contributed by atoms with Gasteiger partial charge in [0, 0.05) is 5.56 Å². The molecule has 0 amide bonds. The smallest absolute Gasteiger partial charge is 0.128 e. The first-order valence-electron chi connectivity index (χ1n) is 5.74. The number of rotatable bonds is 3. The minimum Gasteiger partial charge on any atom is -0.488 e. The molecule has 0 bridgehead atoms. The van der Waals surface area contributed by atoms with Gasteiger partial charge in [0.15, 0.2) is 0 Å². The highest BCUT2D eigenvalue weighted by atomic mass is 16.6. The average Bonchev–Trinajstić information content (AvgIpc) is 2.64. The predicted molar refractivity (Wildman–Crippen MR) is 63.5 cm³/mol. The van der Waals surface area contributed by atoms with Crippen molar-refractivity contribution in [3.05, 3.63) is 28.8 Å². The first-order chi connectivity index (χ1) is 7.69. The van der Waals surface area contributed by atoms with E-state index >= 15 is 0 Å². The van der Waals surface area contributed by atoms with Gasteiger partial charge in [0.1, 0.15) is 11.9 Å². The normalized spacial score (nSPS) is 23.0. The third-order valence-electron chi connectivity index (χ3n) is 3.21. The van der Waals surface area contributed by atoms with Gasteiger partial charge in [0.25, 0.3) is 0 Å². The van der Waals surface area contributed by atoms with Crippen LogP contribution in [0.5, 0.6) is 5.75 Å². The van der Waals surface area contributed by atoms with Gasteiger partial charge < -0.3 is 9.57 Å². The van der Waals surface area contributed by atoms with Crippen LogP contribution >= 0.6 is 0 Å². The summed E-state index contributed by atoms with van der Waals surface area (Å²) < 4.78 is 5.99. The van der Waals surface area contributed by atoms with Gasteiger partial charge in [-0.1, -0.05) is 19.1 Å². The van der Waals surface area contributed by atoms with E-state index in [9.17, 15) is 0 Å². The summed E-state index contributed by atoms with van der Waals surface area (Å²) in [7, 11) is 1.65. The fourth-order valence-corrected chi connectivity index (χ4v) is 2.34. The van der Waals surface area contributed by atoms with Gasteiger partial charge in [-0.25, -0.2) is 0 Å². The molecular weight excluding hydrogens is 202 g/mol. The number of fused-ring (bicyclic) bond motifs is 1. The minimum absolute atomic E-state index is 0.143. The van der Waals surface area contributed by atoms with Crippen LogP contribution in [0.15, 0.2) is 12.1 Å². The van der Waals surface area contributed by atoms with Gasteiger partial charge in [-0.05, 0) is 31.4 Å². The molecule has 1 aliphatic heterocycles. The standard InChI is InChI=1S/C13H19NO2/c1-5-10-12(14-15-4)11-8(2)6-7-9(3)13(11)16-10/h6-7,10,12,14H,5H2,1-4H3. The molecule has 0 spiro atoms. The number of nitrogens with one attached hydrogen (secondary N) is 1. The maximum Gasteiger partial charge on any atom is 0.128 e. The Hall–Kier alpha value is -1.06. The molecule has 0 radical (unpaired) electrons. The Balaban J connectivity index is 2.45. The van der Waals surface area contributed by atoms with Gasteiger partial charge in [-0.3, -0.25) is 0 Å². The summed E-state index contributed by atoms with van der Waals surface area (Å²) >= 11 is 0. The lowest BCUT2D eigenvalue weighted by atomic mass is 9.96. The van der Waals surface area contributed by atoms with E-state index in [0.29, 0.717) is 0 Å². The van der Waals surface area contributed by atoms with Crippen molar-refractivity contribution in [1.82, 2.24) is 5.48 Å². The van der Waals surface area contributed by atoms with E-state index < -0.39 is 0 Å². The Bertz CT molecular complexity index is 390. The molecular formula is C13H19NO2. The van der Waals surface area contributed by atoms with E-state index in [0.717, 1.165) is 12.2 Å². The summed E-state index contributed by atoms with van der Waals surface area (Å²) in [4.78, 5) is 5.08. The molecule has 0 aliphatic carbocycles. The molecule has 0 fully saturated rings. The Kier molecular flexibility index (Phi) is 3.17. The fourth-order valence-electron chi connectivity index (χ4n) is 2.34. The summed E-state index contributed by atoms with van der Waals surface area (Å²) in [6.45, 7) is 6.33. The van der Waals surface area contributed by atoms with Crippen molar-refractivity contribution in [2.75, 3.05) is 7.11 Å². The van der Waals surface area contributed by atoms with Crippen LogP contribution in [0.2, 0.25) is 0 Å². The average molecular weight is 221 g/mol. The Labute approximate surface area is 96.7 Å². The van der Waals surface area contributed by atoms with Crippen LogP contribution in [-0.2, 0) is 4.84 Å². The second-order valence-electron chi connectivity index (χ2n) is 4.31. The summed E-state index contributed by atoms with van der Waals surface area (Å²) in [5.74, 6) is 1.03. The number of hydrogen-bond acceptors (Lipinski definition) is 3. The molecule has 1 aromatic rings. The van der Waals surface area contributed by atoms with E-state index in [4.69, 9.17) is 9.57 Å². The van der Waals surface area contributed by atoms with Crippen molar-refractivity contribution < 1.29 is 9.57 Å². The quantitative estimate of drug-likeness (QED) is 0.796. The van der Waals surface area contributed by atoms with Crippen LogP contribution in [0.3, 0.4) is 0 Å². The maximum absolute atomic E-state index is 5.99. The van der Waals surface area contributed by atoms with Crippen molar-refractivity contribution >= 4 is 0 Å². The topological polar surface area (TPSA) is 30.5 Å². The molecule has 16 heavy (non-hydrogen) atoms. The van der Waals surface area contributed by atoms with Gasteiger partial charge in [-0.2, -0.15) is 5.48 Å². The van der Waals surface area contributed by atoms with Crippen molar-refractivity contribution in [2.45, 2.75) is 39.3 Å². The van der Waals surface area contributed by atoms with Crippen molar-refractivity contribution in [3.63, 3.8) is 0 Å². The second kappa shape index (κ2) is 4.44. The van der Waals surface area contributed by atoms with Gasteiger partial charge in [-0.15, -0.1) is 0 Å². The van der Waals surface area contributed by atoms with E-state index in [1.165, 1.54) is 16.7 Å². The highest BCUT2D eigenvalue weighted by Gasteiger charge is 2.35. The molecule has 1 aliphatic rings. The van der Waals surface area contributed by atoms with Crippen LogP contribution in [0.4, 0.5) is 0 Å². The predicted octanol–water partition coefficient (Wildman–Crippen LogP) is 2.67. The molecule has 0 saturated heterocycles. The van der Waals surface area contributed by atoms with Crippen LogP contribution in [0, 0.1) is 13.8 Å². The molecule has 1 heterocycles. The summed E-state index contributed by atoms with van der Waals surface area (Å²) in [5, 5.41) is 0. The minimum atomic E-state index is 0.143. The second-order valence-corrected chi connectivity index (χ2v) is 4.31. The third kappa shape index (κ3) is 1.70. The lowest BCUT2D eigenvalue weighted by Crippen LogP contribution is -2.30. The zero-order valence-corrected chi connectivity index (χ0v) is 10.3. The zero-order valence-electron chi connectivity index (χ0n) is 10.3. The lowest BCUT2D eigenvalue weighted by molar-refractivity contribution is 0.0281. The summed E-state index contributed by atoms with van der Waals surface area (Å²) in [6, 6.07) is 4.39. The number of hydrogen-bond donors (Lipinski definition) is 1. The molecule has 3 heteroatoms. The van der Waals surface area contributed by atoms with Crippen LogP contribution in [-0.4, -0.2) is 13.2 Å². The highest BCUT2D eigenvalue weighted by molar-refractivity contribution is 5.50. The molecule has 2 rings (SSSR count). The highest BCUT2D eigenvalue weighted by Crippen LogP contribution is 2.42. The Morgan fingerprint density at radius 2 is 2.00 bits per heavy atom. The van der Waals surface area contributed by atoms with Crippen molar-refractivity contribution in [2.24, 2.45) is 0 Å². The van der Waals surface area contributed by atoms with E-state index in [2.05, 4.69) is 38.4 Å². The number of ether oxygens (including phenoxy) is 1. The number of benzene rings is 1. The molecule has 3 nitrogen and oxygen atoms in total. The van der Waals surface area contributed by atoms with Crippen LogP contribution in [0.25, 0.3) is 0 Å². The fraction of sp³-hybridized carbons (Fsp3) is 0.538. The zero-order chi connectivity index (χ0) is 11.7. The number of aryl methyl sites for hydroxylation is 2. The molecule has 1 aromatic carbocycles. The third-order valence-corrected chi connectivity index (χ3v) is 3.21. The molecule has 2 unspecified atom stereocenters. The molecule has 88 valence electrons. The first kappa shape index (κ1) is 11.4. The molecule has 2 atom stereocenters. The lowest BCUT2D eigenvalue weighted by Gasteiger charge is -2.18. The van der Waals surface area contributed by atoms with E-state index in [1.807, 2.05) is 0 Å². The molecule has 0 aromatic heterocycles. The van der Waals surface area contributed by atoms with E-state index in [-0.39, 0.29) is 12.1 Å². The largest absolute Gasteiger partial charge is 0.488 e. The summed E-state index contributed by atoms with van der Waals surface area (Å²) in [6.07, 6.45) is 1.13. The van der Waals surface area contributed by atoms with Gasteiger partial charge in [0.2, 0.25) is 0 Å². The van der Waals surface area contributed by atoms with Crippen molar-refractivity contribution in [1.29, 1.82) is 0 Å². The Morgan fingerprint density at radius 3 is 2.62 bits per heavy atom. The summed E-state index contributed by atoms with van der Waals surface area (Å²) in [5.41, 5.74) is 6.74.